The summed E-state index contributed by atoms with van der Waals surface area (Å²) in [6.45, 7) is 4.26. The zero-order valence-electron chi connectivity index (χ0n) is 14.0. The van der Waals surface area contributed by atoms with Gasteiger partial charge in [0.15, 0.2) is 0 Å². The molecule has 5 heteroatoms. The predicted octanol–water partition coefficient (Wildman–Crippen LogP) is 4.06. The minimum Gasteiger partial charge on any atom is -0.477 e. The molecular weight excluding hydrogens is 304 g/mol. The third-order valence-electron chi connectivity index (χ3n) is 4.04. The van der Waals surface area contributed by atoms with Crippen molar-refractivity contribution < 1.29 is 13.9 Å². The summed E-state index contributed by atoms with van der Waals surface area (Å²) in [5.74, 6) is 0.946. The highest BCUT2D eigenvalue weighted by molar-refractivity contribution is 5.96. The van der Waals surface area contributed by atoms with Crippen molar-refractivity contribution in [3.05, 3.63) is 60.0 Å². The second kappa shape index (κ2) is 6.74. The largest absolute Gasteiger partial charge is 0.477 e. The Kier molecular flexibility index (Phi) is 4.51. The van der Waals surface area contributed by atoms with Gasteiger partial charge in [-0.1, -0.05) is 18.2 Å². The normalized spacial score (nSPS) is 12.1. The summed E-state index contributed by atoms with van der Waals surface area (Å²) in [5, 5.41) is 1.02. The van der Waals surface area contributed by atoms with Gasteiger partial charge in [-0.15, -0.1) is 0 Å². The lowest BCUT2D eigenvalue weighted by Gasteiger charge is -2.24. The molecule has 0 bridgehead atoms. The minimum absolute atomic E-state index is 0.153. The first-order valence-corrected chi connectivity index (χ1v) is 7.95. The number of amides is 1. The van der Waals surface area contributed by atoms with Crippen LogP contribution in [0.5, 0.6) is 5.88 Å². The molecule has 1 aromatic carbocycles. The van der Waals surface area contributed by atoms with Gasteiger partial charge >= 0.3 is 0 Å². The lowest BCUT2D eigenvalue weighted by atomic mass is 10.1. The Bertz CT molecular complexity index is 823. The van der Waals surface area contributed by atoms with Gasteiger partial charge in [0.05, 0.1) is 12.6 Å². The van der Waals surface area contributed by atoms with Gasteiger partial charge in [-0.05, 0) is 38.1 Å². The molecular formula is C19H20N2O3. The molecule has 0 radical (unpaired) electrons. The van der Waals surface area contributed by atoms with Crippen molar-refractivity contribution in [1.82, 2.24) is 9.88 Å². The van der Waals surface area contributed by atoms with Crippen LogP contribution in [0.3, 0.4) is 0 Å². The maximum Gasteiger partial charge on any atom is 0.259 e. The third kappa shape index (κ3) is 2.97. The van der Waals surface area contributed by atoms with E-state index in [1.54, 1.807) is 30.3 Å². The van der Waals surface area contributed by atoms with Crippen LogP contribution < -0.4 is 4.74 Å². The molecule has 2 heterocycles. The van der Waals surface area contributed by atoms with Gasteiger partial charge in [0.1, 0.15) is 16.9 Å². The molecule has 124 valence electrons. The van der Waals surface area contributed by atoms with Gasteiger partial charge < -0.3 is 14.1 Å². The number of hydrogen-bond donors (Lipinski definition) is 0. The molecule has 0 aliphatic heterocycles. The van der Waals surface area contributed by atoms with Crippen molar-refractivity contribution in [2.75, 3.05) is 13.7 Å². The Balaban J connectivity index is 1.87. The molecule has 1 amide bonds. The number of nitrogens with zero attached hydrogens (tertiary/aromatic N) is 2. The standard InChI is InChI=1S/C19H20N2O3/c1-4-23-18-15(9-7-11-20-18)19(22)21(3)13(2)17-12-14-8-5-6-10-16(14)24-17/h5-13H,4H2,1-3H3. The Labute approximate surface area is 140 Å². The Morgan fingerprint density at radius 1 is 1.29 bits per heavy atom. The predicted molar refractivity (Wildman–Crippen MR) is 92.1 cm³/mol. The third-order valence-corrected chi connectivity index (χ3v) is 4.04. The number of carbonyl (C=O) groups is 1. The molecule has 0 spiro atoms. The van der Waals surface area contributed by atoms with Crippen LogP contribution in [0.4, 0.5) is 0 Å². The van der Waals surface area contributed by atoms with Crippen molar-refractivity contribution in [3.63, 3.8) is 0 Å². The number of ether oxygens (including phenoxy) is 1. The summed E-state index contributed by atoms with van der Waals surface area (Å²) in [4.78, 5) is 18.6. The van der Waals surface area contributed by atoms with Crippen LogP contribution in [0.1, 0.15) is 36.0 Å². The molecule has 5 nitrogen and oxygen atoms in total. The first-order valence-electron chi connectivity index (χ1n) is 7.95. The number of rotatable bonds is 5. The molecule has 24 heavy (non-hydrogen) atoms. The number of para-hydroxylation sites is 1. The minimum atomic E-state index is -0.209. The molecule has 2 aromatic heterocycles. The highest BCUT2D eigenvalue weighted by atomic mass is 16.5. The van der Waals surface area contributed by atoms with Crippen LogP contribution in [0.25, 0.3) is 11.0 Å². The number of hydrogen-bond acceptors (Lipinski definition) is 4. The lowest BCUT2D eigenvalue weighted by Crippen LogP contribution is -2.30. The SMILES string of the molecule is CCOc1ncccc1C(=O)N(C)C(C)c1cc2ccccc2o1. The monoisotopic (exact) mass is 324 g/mol. The van der Waals surface area contributed by atoms with E-state index < -0.39 is 0 Å². The summed E-state index contributed by atoms with van der Waals surface area (Å²) in [6, 6.07) is 13.0. The van der Waals surface area contributed by atoms with Gasteiger partial charge in [-0.2, -0.15) is 0 Å². The average molecular weight is 324 g/mol. The van der Waals surface area contributed by atoms with E-state index >= 15 is 0 Å². The second-order valence-electron chi connectivity index (χ2n) is 5.57. The van der Waals surface area contributed by atoms with Crippen LogP contribution in [-0.4, -0.2) is 29.4 Å². The summed E-state index contributed by atoms with van der Waals surface area (Å²) in [5.41, 5.74) is 1.27. The van der Waals surface area contributed by atoms with Crippen molar-refractivity contribution in [3.8, 4) is 5.88 Å². The van der Waals surface area contributed by atoms with Crippen LogP contribution in [0, 0.1) is 0 Å². The summed E-state index contributed by atoms with van der Waals surface area (Å²) < 4.78 is 11.3. The zero-order valence-corrected chi connectivity index (χ0v) is 14.0. The van der Waals surface area contributed by atoms with Gasteiger partial charge in [0, 0.05) is 18.6 Å². The quantitative estimate of drug-likeness (QED) is 0.710. The topological polar surface area (TPSA) is 55.6 Å². The highest BCUT2D eigenvalue weighted by Crippen LogP contribution is 2.28. The van der Waals surface area contributed by atoms with Gasteiger partial charge in [-0.3, -0.25) is 4.79 Å². The number of carbonyl (C=O) groups excluding carboxylic acids is 1. The Morgan fingerprint density at radius 3 is 2.83 bits per heavy atom. The summed E-state index contributed by atoms with van der Waals surface area (Å²) in [7, 11) is 1.75. The zero-order chi connectivity index (χ0) is 17.1. The summed E-state index contributed by atoms with van der Waals surface area (Å²) >= 11 is 0. The molecule has 1 unspecified atom stereocenters. The van der Waals surface area contributed by atoms with Crippen LogP contribution in [-0.2, 0) is 0 Å². The van der Waals surface area contributed by atoms with E-state index in [9.17, 15) is 4.79 Å². The average Bonchev–Trinajstić information content (AvgIpc) is 3.04. The van der Waals surface area contributed by atoms with Gasteiger partial charge in [0.25, 0.3) is 5.91 Å². The van der Waals surface area contributed by atoms with Crippen LogP contribution in [0.15, 0.2) is 53.1 Å². The van der Waals surface area contributed by atoms with E-state index in [0.717, 1.165) is 16.7 Å². The molecule has 0 fully saturated rings. The maximum absolute atomic E-state index is 12.8. The number of fused-ring (bicyclic) bond motifs is 1. The molecule has 0 aliphatic rings. The number of aromatic nitrogens is 1. The maximum atomic E-state index is 12.8. The smallest absolute Gasteiger partial charge is 0.259 e. The van der Waals surface area contributed by atoms with E-state index in [1.807, 2.05) is 44.2 Å². The fourth-order valence-corrected chi connectivity index (χ4v) is 2.57. The summed E-state index contributed by atoms with van der Waals surface area (Å²) in [6.07, 6.45) is 1.62. The van der Waals surface area contributed by atoms with Crippen LogP contribution >= 0.6 is 0 Å². The molecule has 0 saturated carbocycles. The first-order chi connectivity index (χ1) is 11.6. The molecule has 3 rings (SSSR count). The molecule has 3 aromatic rings. The van der Waals surface area contributed by atoms with Crippen molar-refractivity contribution >= 4 is 16.9 Å². The van der Waals surface area contributed by atoms with Crippen molar-refractivity contribution in [2.45, 2.75) is 19.9 Å². The number of pyridine rings is 1. The number of benzene rings is 1. The fourth-order valence-electron chi connectivity index (χ4n) is 2.57. The molecule has 0 saturated heterocycles. The van der Waals surface area contributed by atoms with E-state index in [-0.39, 0.29) is 11.9 Å². The Hall–Kier alpha value is -2.82. The van der Waals surface area contributed by atoms with Gasteiger partial charge in [0.2, 0.25) is 5.88 Å². The first kappa shape index (κ1) is 16.1. The highest BCUT2D eigenvalue weighted by Gasteiger charge is 2.24. The molecule has 0 N–H and O–H groups in total. The van der Waals surface area contributed by atoms with E-state index in [2.05, 4.69) is 4.98 Å². The second-order valence-corrected chi connectivity index (χ2v) is 5.57. The fraction of sp³-hybridized carbons (Fsp3) is 0.263. The Morgan fingerprint density at radius 2 is 2.08 bits per heavy atom. The number of furan rings is 1. The van der Waals surface area contributed by atoms with Crippen molar-refractivity contribution in [2.24, 2.45) is 0 Å². The van der Waals surface area contributed by atoms with E-state index in [1.165, 1.54) is 0 Å². The van der Waals surface area contributed by atoms with Gasteiger partial charge in [-0.25, -0.2) is 4.98 Å². The van der Waals surface area contributed by atoms with E-state index in [0.29, 0.717) is 18.1 Å². The van der Waals surface area contributed by atoms with Crippen molar-refractivity contribution in [1.29, 1.82) is 0 Å². The lowest BCUT2D eigenvalue weighted by molar-refractivity contribution is 0.0722. The molecule has 1 atom stereocenters. The van der Waals surface area contributed by atoms with Crippen LogP contribution in [0.2, 0.25) is 0 Å². The van der Waals surface area contributed by atoms with E-state index in [4.69, 9.17) is 9.15 Å². The molecule has 0 aliphatic carbocycles.